The molecule has 0 amide bonds. The van der Waals surface area contributed by atoms with E-state index in [2.05, 4.69) is 16.0 Å². The summed E-state index contributed by atoms with van der Waals surface area (Å²) in [5.41, 5.74) is 7.10. The lowest BCUT2D eigenvalue weighted by Gasteiger charge is -2.14. The summed E-state index contributed by atoms with van der Waals surface area (Å²) in [6.45, 7) is 3.13. The van der Waals surface area contributed by atoms with Gasteiger partial charge in [0.05, 0.1) is 0 Å². The molecule has 13 heavy (non-hydrogen) atoms. The van der Waals surface area contributed by atoms with Crippen molar-refractivity contribution in [3.8, 4) is 0 Å². The molecule has 0 aromatic carbocycles. The summed E-state index contributed by atoms with van der Waals surface area (Å²) in [4.78, 5) is 6.46. The van der Waals surface area contributed by atoms with E-state index in [1.54, 1.807) is 6.20 Å². The minimum atomic E-state index is 0.372. The van der Waals surface area contributed by atoms with E-state index in [-0.39, 0.29) is 0 Å². The Morgan fingerprint density at radius 3 is 3.15 bits per heavy atom. The minimum absolute atomic E-state index is 0.372. The van der Waals surface area contributed by atoms with Gasteiger partial charge < -0.3 is 5.73 Å². The number of pyridine rings is 1. The minimum Gasteiger partial charge on any atom is -0.326 e. The predicted molar refractivity (Wildman–Crippen MR) is 52.1 cm³/mol. The van der Waals surface area contributed by atoms with Gasteiger partial charge in [-0.1, -0.05) is 6.07 Å². The van der Waals surface area contributed by atoms with Crippen LogP contribution >= 0.6 is 0 Å². The second-order valence-corrected chi connectivity index (χ2v) is 3.65. The zero-order valence-electron chi connectivity index (χ0n) is 7.69. The van der Waals surface area contributed by atoms with Gasteiger partial charge in [-0.05, 0) is 18.1 Å². The van der Waals surface area contributed by atoms with E-state index >= 15 is 0 Å². The second-order valence-electron chi connectivity index (χ2n) is 3.65. The van der Waals surface area contributed by atoms with Crippen LogP contribution in [-0.4, -0.2) is 29.0 Å². The van der Waals surface area contributed by atoms with Gasteiger partial charge in [-0.25, -0.2) is 0 Å². The molecule has 1 aromatic heterocycles. The molecule has 1 saturated heterocycles. The molecule has 0 bridgehead atoms. The molecule has 3 heteroatoms. The van der Waals surface area contributed by atoms with Crippen molar-refractivity contribution in [3.05, 3.63) is 30.1 Å². The number of hydrogen-bond acceptors (Lipinski definition) is 3. The number of rotatable bonds is 2. The van der Waals surface area contributed by atoms with E-state index in [1.807, 2.05) is 12.3 Å². The molecule has 1 atom stereocenters. The van der Waals surface area contributed by atoms with Gasteiger partial charge in [0.25, 0.3) is 0 Å². The molecule has 2 N–H and O–H groups in total. The van der Waals surface area contributed by atoms with Crippen molar-refractivity contribution in [2.45, 2.75) is 19.0 Å². The summed E-state index contributed by atoms with van der Waals surface area (Å²) in [7, 11) is 0. The SMILES string of the molecule is NC1CCN(Cc2cccnc2)C1. The van der Waals surface area contributed by atoms with Gasteiger partial charge in [0, 0.05) is 38.1 Å². The molecular formula is C10H15N3. The lowest BCUT2D eigenvalue weighted by Crippen LogP contribution is -2.26. The highest BCUT2D eigenvalue weighted by atomic mass is 15.2. The first kappa shape index (κ1) is 8.66. The van der Waals surface area contributed by atoms with Gasteiger partial charge in [0.1, 0.15) is 0 Å². The van der Waals surface area contributed by atoms with E-state index in [9.17, 15) is 0 Å². The van der Waals surface area contributed by atoms with Gasteiger partial charge in [0.15, 0.2) is 0 Å². The molecule has 0 aliphatic carbocycles. The number of hydrogen-bond donors (Lipinski definition) is 1. The molecule has 1 aliphatic heterocycles. The summed E-state index contributed by atoms with van der Waals surface area (Å²) in [6.07, 6.45) is 4.85. The maximum absolute atomic E-state index is 5.82. The second kappa shape index (κ2) is 3.85. The highest BCUT2D eigenvalue weighted by molar-refractivity contribution is 5.08. The van der Waals surface area contributed by atoms with Gasteiger partial charge >= 0.3 is 0 Å². The normalized spacial score (nSPS) is 23.6. The fourth-order valence-corrected chi connectivity index (χ4v) is 1.76. The topological polar surface area (TPSA) is 42.1 Å². The van der Waals surface area contributed by atoms with Crippen LogP contribution in [0.2, 0.25) is 0 Å². The maximum atomic E-state index is 5.82. The number of aromatic nitrogens is 1. The smallest absolute Gasteiger partial charge is 0.0312 e. The molecular weight excluding hydrogens is 162 g/mol. The first-order valence-electron chi connectivity index (χ1n) is 4.71. The Morgan fingerprint density at radius 2 is 2.54 bits per heavy atom. The Kier molecular flexibility index (Phi) is 2.57. The van der Waals surface area contributed by atoms with Crippen molar-refractivity contribution < 1.29 is 0 Å². The fourth-order valence-electron chi connectivity index (χ4n) is 1.76. The third-order valence-corrected chi connectivity index (χ3v) is 2.44. The monoisotopic (exact) mass is 177 g/mol. The Morgan fingerprint density at radius 1 is 1.62 bits per heavy atom. The lowest BCUT2D eigenvalue weighted by molar-refractivity contribution is 0.326. The van der Waals surface area contributed by atoms with Crippen molar-refractivity contribution in [2.24, 2.45) is 5.73 Å². The van der Waals surface area contributed by atoms with Gasteiger partial charge in [-0.15, -0.1) is 0 Å². The van der Waals surface area contributed by atoms with Gasteiger partial charge in [-0.3, -0.25) is 9.88 Å². The zero-order valence-corrected chi connectivity index (χ0v) is 7.69. The Labute approximate surface area is 78.6 Å². The summed E-state index contributed by atoms with van der Waals surface area (Å²) >= 11 is 0. The summed E-state index contributed by atoms with van der Waals surface area (Å²) in [6, 6.07) is 4.46. The van der Waals surface area contributed by atoms with E-state index in [0.717, 1.165) is 26.1 Å². The lowest BCUT2D eigenvalue weighted by atomic mass is 10.3. The highest BCUT2D eigenvalue weighted by Gasteiger charge is 2.18. The maximum Gasteiger partial charge on any atom is 0.0312 e. The first-order valence-corrected chi connectivity index (χ1v) is 4.71. The van der Waals surface area contributed by atoms with Crippen molar-refractivity contribution in [2.75, 3.05) is 13.1 Å². The Hall–Kier alpha value is -0.930. The van der Waals surface area contributed by atoms with Crippen molar-refractivity contribution >= 4 is 0 Å². The molecule has 0 radical (unpaired) electrons. The quantitative estimate of drug-likeness (QED) is 0.720. The molecule has 2 heterocycles. The average molecular weight is 177 g/mol. The molecule has 0 spiro atoms. The van der Waals surface area contributed by atoms with Crippen LogP contribution < -0.4 is 5.73 Å². The Bertz CT molecular complexity index is 260. The van der Waals surface area contributed by atoms with Crippen LogP contribution in [0.3, 0.4) is 0 Å². The predicted octanol–water partition coefficient (Wildman–Crippen LogP) is 0.615. The standard InChI is InChI=1S/C10H15N3/c11-10-3-5-13(8-10)7-9-2-1-4-12-6-9/h1-2,4,6,10H,3,5,7-8,11H2. The first-order chi connectivity index (χ1) is 6.34. The van der Waals surface area contributed by atoms with Crippen LogP contribution in [0.4, 0.5) is 0 Å². The van der Waals surface area contributed by atoms with E-state index in [0.29, 0.717) is 6.04 Å². The largest absolute Gasteiger partial charge is 0.326 e. The van der Waals surface area contributed by atoms with E-state index in [4.69, 9.17) is 5.73 Å². The molecule has 1 fully saturated rings. The van der Waals surface area contributed by atoms with Crippen LogP contribution in [-0.2, 0) is 6.54 Å². The molecule has 0 saturated carbocycles. The summed E-state index contributed by atoms with van der Waals surface area (Å²) < 4.78 is 0. The van der Waals surface area contributed by atoms with Crippen molar-refractivity contribution in [1.29, 1.82) is 0 Å². The van der Waals surface area contributed by atoms with E-state index < -0.39 is 0 Å². The van der Waals surface area contributed by atoms with Crippen molar-refractivity contribution in [3.63, 3.8) is 0 Å². The number of nitrogens with zero attached hydrogens (tertiary/aromatic N) is 2. The van der Waals surface area contributed by atoms with Crippen LogP contribution in [0.15, 0.2) is 24.5 Å². The molecule has 2 rings (SSSR count). The number of nitrogens with two attached hydrogens (primary N) is 1. The van der Waals surface area contributed by atoms with Crippen LogP contribution in [0.1, 0.15) is 12.0 Å². The molecule has 1 unspecified atom stereocenters. The fraction of sp³-hybridized carbons (Fsp3) is 0.500. The molecule has 1 aromatic rings. The Balaban J connectivity index is 1.92. The van der Waals surface area contributed by atoms with Crippen molar-refractivity contribution in [1.82, 2.24) is 9.88 Å². The zero-order chi connectivity index (χ0) is 9.10. The summed E-state index contributed by atoms with van der Waals surface area (Å²) in [5.74, 6) is 0. The van der Waals surface area contributed by atoms with Crippen LogP contribution in [0.5, 0.6) is 0 Å². The third-order valence-electron chi connectivity index (χ3n) is 2.44. The van der Waals surface area contributed by atoms with Gasteiger partial charge in [-0.2, -0.15) is 0 Å². The molecule has 1 aliphatic rings. The average Bonchev–Trinajstić information content (AvgIpc) is 2.53. The third kappa shape index (κ3) is 2.26. The van der Waals surface area contributed by atoms with Crippen LogP contribution in [0.25, 0.3) is 0 Å². The summed E-state index contributed by atoms with van der Waals surface area (Å²) in [5, 5.41) is 0. The van der Waals surface area contributed by atoms with Gasteiger partial charge in [0.2, 0.25) is 0 Å². The highest BCUT2D eigenvalue weighted by Crippen LogP contribution is 2.10. The molecule has 70 valence electrons. The van der Waals surface area contributed by atoms with E-state index in [1.165, 1.54) is 5.56 Å². The van der Waals surface area contributed by atoms with Crippen LogP contribution in [0, 0.1) is 0 Å². The molecule has 3 nitrogen and oxygen atoms in total. The number of likely N-dealkylation sites (tertiary alicyclic amines) is 1.